The summed E-state index contributed by atoms with van der Waals surface area (Å²) in [4.78, 5) is 34.4. The van der Waals surface area contributed by atoms with Crippen molar-refractivity contribution in [3.05, 3.63) is 65.2 Å². The van der Waals surface area contributed by atoms with E-state index in [2.05, 4.69) is 12.6 Å². The lowest BCUT2D eigenvalue weighted by atomic mass is 9.92. The van der Waals surface area contributed by atoms with Crippen molar-refractivity contribution >= 4 is 30.5 Å². The summed E-state index contributed by atoms with van der Waals surface area (Å²) in [7, 11) is 0. The van der Waals surface area contributed by atoms with Gasteiger partial charge in [0.05, 0.1) is 11.5 Å². The van der Waals surface area contributed by atoms with Crippen molar-refractivity contribution < 1.29 is 34.5 Å². The molecule has 0 saturated heterocycles. The Morgan fingerprint density at radius 2 is 1.71 bits per heavy atom. The summed E-state index contributed by atoms with van der Waals surface area (Å²) < 4.78 is 5.73. The summed E-state index contributed by atoms with van der Waals surface area (Å²) in [5, 5.41) is 27.1. The molecule has 0 aliphatic heterocycles. The van der Waals surface area contributed by atoms with Gasteiger partial charge in [-0.05, 0) is 48.6 Å². The van der Waals surface area contributed by atoms with Crippen molar-refractivity contribution in [2.45, 2.75) is 37.5 Å². The molecule has 2 aromatic carbocycles. The third-order valence-corrected chi connectivity index (χ3v) is 5.13. The summed E-state index contributed by atoms with van der Waals surface area (Å²) >= 11 is 4.25. The Kier molecular flexibility index (Phi) is 9.36. The summed E-state index contributed by atoms with van der Waals surface area (Å²) in [5.74, 6) is -3.21. The molecule has 0 bridgehead atoms. The Labute approximate surface area is 185 Å². The third-order valence-electron chi connectivity index (χ3n) is 4.69. The first-order valence-electron chi connectivity index (χ1n) is 9.66. The molecule has 31 heavy (non-hydrogen) atoms. The number of hydroxylamine groups is 1. The number of thiol groups is 1. The van der Waals surface area contributed by atoms with Gasteiger partial charge < -0.3 is 14.9 Å². The molecule has 1 amide bonds. The average molecular weight is 448 g/mol. The molecule has 4 N–H and O–H groups in total. The van der Waals surface area contributed by atoms with Gasteiger partial charge in [0.15, 0.2) is 0 Å². The van der Waals surface area contributed by atoms with E-state index >= 15 is 0 Å². The van der Waals surface area contributed by atoms with Crippen molar-refractivity contribution in [2.24, 2.45) is 5.92 Å². The van der Waals surface area contributed by atoms with Gasteiger partial charge in [0.25, 0.3) is 0 Å². The van der Waals surface area contributed by atoms with Crippen LogP contribution in [0.3, 0.4) is 0 Å². The molecule has 0 radical (unpaired) electrons. The molecule has 2 unspecified atom stereocenters. The van der Waals surface area contributed by atoms with Crippen LogP contribution in [-0.4, -0.2) is 38.5 Å². The van der Waals surface area contributed by atoms with Crippen LogP contribution in [0.1, 0.15) is 40.7 Å². The first-order valence-corrected chi connectivity index (χ1v) is 10.2. The summed E-state index contributed by atoms with van der Waals surface area (Å²) in [6.07, 6.45) is 0.631. The zero-order valence-corrected chi connectivity index (χ0v) is 17.6. The second kappa shape index (κ2) is 12.0. The molecule has 2 aromatic rings. The van der Waals surface area contributed by atoms with Crippen LogP contribution in [0.2, 0.25) is 0 Å². The number of rotatable bonds is 12. The Balaban J connectivity index is 2.10. The van der Waals surface area contributed by atoms with Crippen molar-refractivity contribution in [3.63, 3.8) is 0 Å². The maximum absolute atomic E-state index is 11.7. The van der Waals surface area contributed by atoms with Gasteiger partial charge in [-0.1, -0.05) is 30.3 Å². The highest BCUT2D eigenvalue weighted by molar-refractivity contribution is 7.81. The minimum Gasteiger partial charge on any atom is -0.489 e. The van der Waals surface area contributed by atoms with E-state index in [0.717, 1.165) is 5.56 Å². The van der Waals surface area contributed by atoms with Crippen LogP contribution in [0.4, 0.5) is 0 Å². The number of aromatic carboxylic acids is 1. The van der Waals surface area contributed by atoms with Gasteiger partial charge in [0.2, 0.25) is 5.91 Å². The predicted octanol–water partition coefficient (Wildman–Crippen LogP) is 3.18. The smallest absolute Gasteiger partial charge is 0.335 e. The van der Waals surface area contributed by atoms with Crippen molar-refractivity contribution in [1.82, 2.24) is 5.48 Å². The minimum absolute atomic E-state index is 0.0105. The highest BCUT2D eigenvalue weighted by atomic mass is 32.1. The Hall–Kier alpha value is -3.04. The number of amides is 1. The fourth-order valence-corrected chi connectivity index (χ4v) is 3.39. The molecule has 0 aliphatic rings. The fourth-order valence-electron chi connectivity index (χ4n) is 3.08. The van der Waals surface area contributed by atoms with Gasteiger partial charge in [0.1, 0.15) is 12.4 Å². The normalized spacial score (nSPS) is 12.6. The first kappa shape index (κ1) is 24.2. The monoisotopic (exact) mass is 447 g/mol. The minimum atomic E-state index is -1.14. The van der Waals surface area contributed by atoms with E-state index in [4.69, 9.17) is 9.94 Å². The van der Waals surface area contributed by atoms with Crippen LogP contribution in [0, 0.1) is 5.92 Å². The van der Waals surface area contributed by atoms with Crippen LogP contribution in [0.25, 0.3) is 0 Å². The topological polar surface area (TPSA) is 133 Å². The third kappa shape index (κ3) is 8.31. The number of hydrogen-bond acceptors (Lipinski definition) is 6. The molecule has 166 valence electrons. The maximum Gasteiger partial charge on any atom is 0.335 e. The molecule has 0 spiro atoms. The lowest BCUT2D eigenvalue weighted by Gasteiger charge is -2.16. The molecular weight excluding hydrogens is 422 g/mol. The van der Waals surface area contributed by atoms with Crippen LogP contribution >= 0.6 is 12.6 Å². The predicted molar refractivity (Wildman–Crippen MR) is 116 cm³/mol. The van der Waals surface area contributed by atoms with E-state index in [1.54, 1.807) is 6.07 Å². The van der Waals surface area contributed by atoms with Crippen molar-refractivity contribution in [3.8, 4) is 5.75 Å². The highest BCUT2D eigenvalue weighted by Gasteiger charge is 2.21. The second-order valence-corrected chi connectivity index (χ2v) is 7.88. The molecule has 2 rings (SSSR count). The summed E-state index contributed by atoms with van der Waals surface area (Å²) in [5.41, 5.74) is 2.97. The number of carboxylic acids is 2. The molecule has 2 atom stereocenters. The van der Waals surface area contributed by atoms with Crippen LogP contribution in [0.5, 0.6) is 5.75 Å². The Bertz CT molecular complexity index is 904. The quantitative estimate of drug-likeness (QED) is 0.192. The molecule has 8 nitrogen and oxygen atoms in total. The van der Waals surface area contributed by atoms with Crippen LogP contribution < -0.4 is 10.2 Å². The zero-order valence-electron chi connectivity index (χ0n) is 16.7. The molecule has 9 heteroatoms. The van der Waals surface area contributed by atoms with Crippen LogP contribution in [0.15, 0.2) is 48.5 Å². The van der Waals surface area contributed by atoms with Gasteiger partial charge in [-0.15, -0.1) is 0 Å². The van der Waals surface area contributed by atoms with Crippen molar-refractivity contribution in [1.29, 1.82) is 0 Å². The zero-order chi connectivity index (χ0) is 22.8. The lowest BCUT2D eigenvalue weighted by Crippen LogP contribution is -2.23. The number of carbonyl (C=O) groups is 3. The largest absolute Gasteiger partial charge is 0.489 e. The Morgan fingerprint density at radius 3 is 2.32 bits per heavy atom. The molecule has 0 fully saturated rings. The molecule has 0 aliphatic carbocycles. The number of carboxylic acid groups (broad SMARTS) is 2. The number of nitrogens with one attached hydrogen (secondary N) is 1. The first-order chi connectivity index (χ1) is 14.8. The van der Waals surface area contributed by atoms with E-state index in [9.17, 15) is 24.6 Å². The number of benzene rings is 2. The number of hydrogen-bond donors (Lipinski definition) is 5. The van der Waals surface area contributed by atoms with E-state index in [-0.39, 0.29) is 31.4 Å². The maximum atomic E-state index is 11.7. The molecule has 0 aromatic heterocycles. The van der Waals surface area contributed by atoms with Crippen LogP contribution in [-0.2, 0) is 22.6 Å². The molecular formula is C22H25NO7S. The van der Waals surface area contributed by atoms with E-state index in [1.807, 2.05) is 30.3 Å². The van der Waals surface area contributed by atoms with Gasteiger partial charge in [0, 0.05) is 11.7 Å². The van der Waals surface area contributed by atoms with Gasteiger partial charge in [-0.25, -0.2) is 10.3 Å². The standard InChI is InChI=1S/C22H25NO7S/c24-20(23-29)12-19(31)7-6-16(21(25)26)8-15-9-17(22(27)28)11-18(10-15)30-13-14-4-2-1-3-5-14/h1-5,9-11,16,19,29,31H,6-8,12-13H2,(H,23,24)(H,25,26)(H,27,28). The lowest BCUT2D eigenvalue weighted by molar-refractivity contribution is -0.142. The van der Waals surface area contributed by atoms with Gasteiger partial charge in [-0.2, -0.15) is 12.6 Å². The highest BCUT2D eigenvalue weighted by Crippen LogP contribution is 2.24. The van der Waals surface area contributed by atoms with Gasteiger partial charge >= 0.3 is 11.9 Å². The summed E-state index contributed by atoms with van der Waals surface area (Å²) in [6, 6.07) is 13.9. The summed E-state index contributed by atoms with van der Waals surface area (Å²) in [6.45, 7) is 0.250. The van der Waals surface area contributed by atoms with E-state index in [1.165, 1.54) is 17.6 Å². The average Bonchev–Trinajstić information content (AvgIpc) is 2.75. The molecule has 0 saturated carbocycles. The Morgan fingerprint density at radius 1 is 1.00 bits per heavy atom. The SMILES string of the molecule is O=C(CC(S)CCC(Cc1cc(OCc2ccccc2)cc(C(=O)O)c1)C(=O)O)NO. The number of aliphatic carboxylic acids is 1. The fraction of sp³-hybridized carbons (Fsp3) is 0.318. The number of carbonyl (C=O) groups excluding carboxylic acids is 1. The van der Waals surface area contributed by atoms with Crippen molar-refractivity contribution in [2.75, 3.05) is 0 Å². The molecule has 0 heterocycles. The van der Waals surface area contributed by atoms with Gasteiger partial charge in [-0.3, -0.25) is 14.8 Å². The number of ether oxygens (including phenoxy) is 1. The second-order valence-electron chi connectivity index (χ2n) is 7.15. The van der Waals surface area contributed by atoms with E-state index in [0.29, 0.717) is 17.7 Å². The van der Waals surface area contributed by atoms with E-state index < -0.39 is 29.0 Å².